The fourth-order valence-electron chi connectivity index (χ4n) is 3.39. The first-order valence-electron chi connectivity index (χ1n) is 9.39. The lowest BCUT2D eigenvalue weighted by Gasteiger charge is -2.23. The Kier molecular flexibility index (Phi) is 6.46. The molecule has 4 N–H and O–H groups in total. The summed E-state index contributed by atoms with van der Waals surface area (Å²) in [6.45, 7) is 4.00. The molecule has 0 aliphatic carbocycles. The van der Waals surface area contributed by atoms with Gasteiger partial charge in [-0.25, -0.2) is 4.79 Å². The number of nitrogen functional groups attached to an aromatic ring is 1. The van der Waals surface area contributed by atoms with Gasteiger partial charge >= 0.3 is 5.69 Å². The third-order valence-electron chi connectivity index (χ3n) is 4.91. The van der Waals surface area contributed by atoms with Crippen LogP contribution in [0.25, 0.3) is 0 Å². The van der Waals surface area contributed by atoms with Crippen molar-refractivity contribution < 1.29 is 19.7 Å². The van der Waals surface area contributed by atoms with E-state index >= 15 is 0 Å². The molecule has 28 heavy (non-hydrogen) atoms. The largest absolute Gasteiger partial charge is 0.394 e. The number of nitrogens with zero attached hydrogens (tertiary/aromatic N) is 2. The van der Waals surface area contributed by atoms with E-state index in [2.05, 4.69) is 18.8 Å². The van der Waals surface area contributed by atoms with Gasteiger partial charge in [0.25, 0.3) is 0 Å². The number of ether oxygens (including phenoxy) is 2. The quantitative estimate of drug-likeness (QED) is 0.654. The highest BCUT2D eigenvalue weighted by Crippen LogP contribution is 2.29. The zero-order chi connectivity index (χ0) is 20.3. The van der Waals surface area contributed by atoms with E-state index in [1.807, 2.05) is 30.3 Å². The lowest BCUT2D eigenvalue weighted by Crippen LogP contribution is -2.29. The number of aromatic nitrogens is 2. The molecule has 8 heteroatoms. The summed E-state index contributed by atoms with van der Waals surface area (Å²) in [6.07, 6.45) is -0.661. The topological polar surface area (TPSA) is 120 Å². The number of nitrogens with two attached hydrogens (primary N) is 1. The molecule has 0 amide bonds. The third-order valence-corrected chi connectivity index (χ3v) is 4.91. The average molecular weight is 389 g/mol. The van der Waals surface area contributed by atoms with Crippen LogP contribution in [0.4, 0.5) is 5.82 Å². The van der Waals surface area contributed by atoms with E-state index in [0.29, 0.717) is 5.56 Å². The molecule has 0 spiro atoms. The first-order chi connectivity index (χ1) is 13.4. The van der Waals surface area contributed by atoms with Crippen LogP contribution in [-0.2, 0) is 16.1 Å². The van der Waals surface area contributed by atoms with Gasteiger partial charge in [-0.1, -0.05) is 44.2 Å². The van der Waals surface area contributed by atoms with Gasteiger partial charge in [0.15, 0.2) is 0 Å². The summed E-state index contributed by atoms with van der Waals surface area (Å²) < 4.78 is 13.0. The molecule has 1 aromatic carbocycles. The summed E-state index contributed by atoms with van der Waals surface area (Å²) in [5.41, 5.74) is 6.99. The van der Waals surface area contributed by atoms with Crippen molar-refractivity contribution in [3.63, 3.8) is 0 Å². The van der Waals surface area contributed by atoms with E-state index < -0.39 is 24.1 Å². The molecule has 0 bridgehead atoms. The summed E-state index contributed by atoms with van der Waals surface area (Å²) in [5.74, 6) is 0.343. The van der Waals surface area contributed by atoms with Gasteiger partial charge in [-0.15, -0.1) is 0 Å². The van der Waals surface area contributed by atoms with E-state index in [9.17, 15) is 15.0 Å². The van der Waals surface area contributed by atoms with Gasteiger partial charge in [0.2, 0.25) is 0 Å². The van der Waals surface area contributed by atoms with E-state index in [-0.39, 0.29) is 37.5 Å². The Morgan fingerprint density at radius 3 is 2.68 bits per heavy atom. The van der Waals surface area contributed by atoms with Crippen molar-refractivity contribution in [3.05, 3.63) is 58.1 Å². The summed E-state index contributed by atoms with van der Waals surface area (Å²) in [6, 6.07) is 9.90. The molecule has 2 heterocycles. The van der Waals surface area contributed by atoms with Crippen LogP contribution in [0.1, 0.15) is 43.7 Å². The van der Waals surface area contributed by atoms with Gasteiger partial charge in [-0.05, 0) is 11.5 Å². The van der Waals surface area contributed by atoms with Crippen molar-refractivity contribution in [2.45, 2.75) is 51.4 Å². The number of aliphatic hydroxyl groups excluding tert-OH is 2. The fourth-order valence-corrected chi connectivity index (χ4v) is 3.39. The number of anilines is 1. The summed E-state index contributed by atoms with van der Waals surface area (Å²) in [4.78, 5) is 16.1. The molecule has 152 valence electrons. The van der Waals surface area contributed by atoms with Crippen LogP contribution < -0.4 is 11.4 Å². The Bertz CT molecular complexity index is 839. The monoisotopic (exact) mass is 389 g/mol. The van der Waals surface area contributed by atoms with Gasteiger partial charge in [0.1, 0.15) is 18.1 Å². The first kappa shape index (κ1) is 20.5. The van der Waals surface area contributed by atoms with Crippen LogP contribution in [0.3, 0.4) is 0 Å². The van der Waals surface area contributed by atoms with Crippen molar-refractivity contribution >= 4 is 5.82 Å². The van der Waals surface area contributed by atoms with Crippen LogP contribution >= 0.6 is 0 Å². The SMILES string of the molecule is CC(C)C(OCc1cn([C@H]2CC(O)[C@@H](CO)O2)c(=O)nc1N)c1ccccc1. The van der Waals surface area contributed by atoms with Crippen LogP contribution in [0, 0.1) is 5.92 Å². The minimum Gasteiger partial charge on any atom is -0.394 e. The van der Waals surface area contributed by atoms with E-state index in [1.165, 1.54) is 4.57 Å². The number of aliphatic hydroxyl groups is 2. The van der Waals surface area contributed by atoms with E-state index in [4.69, 9.17) is 15.2 Å². The Balaban J connectivity index is 1.80. The number of rotatable bonds is 7. The molecule has 1 fully saturated rings. The second kappa shape index (κ2) is 8.83. The summed E-state index contributed by atoms with van der Waals surface area (Å²) in [5, 5.41) is 19.2. The van der Waals surface area contributed by atoms with E-state index in [1.54, 1.807) is 6.20 Å². The predicted octanol–water partition coefficient (Wildman–Crippen LogP) is 1.38. The maximum atomic E-state index is 12.3. The maximum Gasteiger partial charge on any atom is 0.351 e. The van der Waals surface area contributed by atoms with Gasteiger partial charge in [0.05, 0.1) is 25.4 Å². The molecular formula is C20H27N3O5. The van der Waals surface area contributed by atoms with Gasteiger partial charge in [-0.2, -0.15) is 4.98 Å². The van der Waals surface area contributed by atoms with Gasteiger partial charge < -0.3 is 25.4 Å². The van der Waals surface area contributed by atoms with Crippen molar-refractivity contribution in [1.82, 2.24) is 9.55 Å². The van der Waals surface area contributed by atoms with Gasteiger partial charge in [0, 0.05) is 18.2 Å². The molecule has 2 unspecified atom stereocenters. The second-order valence-electron chi connectivity index (χ2n) is 7.34. The van der Waals surface area contributed by atoms with E-state index in [0.717, 1.165) is 5.56 Å². The summed E-state index contributed by atoms with van der Waals surface area (Å²) in [7, 11) is 0. The van der Waals surface area contributed by atoms with Crippen molar-refractivity contribution in [2.24, 2.45) is 5.92 Å². The molecule has 4 atom stereocenters. The van der Waals surface area contributed by atoms with Crippen molar-refractivity contribution in [3.8, 4) is 0 Å². The Labute approximate surface area is 163 Å². The highest BCUT2D eigenvalue weighted by atomic mass is 16.5. The fraction of sp³-hybridized carbons (Fsp3) is 0.500. The minimum atomic E-state index is -0.845. The Morgan fingerprint density at radius 1 is 1.36 bits per heavy atom. The molecule has 8 nitrogen and oxygen atoms in total. The van der Waals surface area contributed by atoms with Crippen LogP contribution in [0.15, 0.2) is 41.3 Å². The Morgan fingerprint density at radius 2 is 2.07 bits per heavy atom. The van der Waals surface area contributed by atoms with Crippen LogP contribution in [-0.4, -0.2) is 38.6 Å². The Hall–Kier alpha value is -2.26. The van der Waals surface area contributed by atoms with Crippen molar-refractivity contribution in [1.29, 1.82) is 0 Å². The summed E-state index contributed by atoms with van der Waals surface area (Å²) >= 11 is 0. The van der Waals surface area contributed by atoms with Gasteiger partial charge in [-0.3, -0.25) is 4.57 Å². The van der Waals surface area contributed by atoms with Crippen molar-refractivity contribution in [2.75, 3.05) is 12.3 Å². The molecule has 1 aromatic heterocycles. The average Bonchev–Trinajstić information content (AvgIpc) is 3.04. The number of benzene rings is 1. The molecular weight excluding hydrogens is 362 g/mol. The van der Waals surface area contributed by atoms with Crippen LogP contribution in [0.5, 0.6) is 0 Å². The number of hydrogen-bond donors (Lipinski definition) is 3. The molecule has 1 aliphatic heterocycles. The molecule has 0 saturated carbocycles. The highest BCUT2D eigenvalue weighted by Gasteiger charge is 2.35. The first-order valence-corrected chi connectivity index (χ1v) is 9.39. The highest BCUT2D eigenvalue weighted by molar-refractivity contribution is 5.36. The third kappa shape index (κ3) is 4.41. The molecule has 0 radical (unpaired) electrons. The van der Waals surface area contributed by atoms with Crippen LogP contribution in [0.2, 0.25) is 0 Å². The molecule has 3 rings (SSSR count). The zero-order valence-electron chi connectivity index (χ0n) is 16.1. The zero-order valence-corrected chi connectivity index (χ0v) is 16.1. The number of hydrogen-bond acceptors (Lipinski definition) is 7. The normalized spacial score (nSPS) is 23.2. The predicted molar refractivity (Wildman–Crippen MR) is 103 cm³/mol. The molecule has 2 aromatic rings. The smallest absolute Gasteiger partial charge is 0.351 e. The lowest BCUT2D eigenvalue weighted by molar-refractivity contribution is -0.0462. The lowest BCUT2D eigenvalue weighted by atomic mass is 9.99. The second-order valence-corrected chi connectivity index (χ2v) is 7.34. The maximum absolute atomic E-state index is 12.3. The minimum absolute atomic E-state index is 0.106. The molecule has 1 aliphatic rings. The standard InChI is InChI=1S/C20H27N3O5/c1-12(2)18(13-6-4-3-5-7-13)27-11-14-9-23(20(26)22-19(14)21)17-8-15(25)16(10-24)28-17/h3-7,9,12,15-18,24-25H,8,10-11H2,1-2H3,(H2,21,22,26)/t15?,16-,17-,18?/m1/s1. The molecule has 1 saturated heterocycles.